The Labute approximate surface area is 173 Å². The van der Waals surface area contributed by atoms with Crippen LogP contribution in [-0.2, 0) is 21.2 Å². The standard InChI is InChI=1S/C23H28N2O3S/c1-2-25-22-14-11-20(16-19(22)10-15-23(25)26)24-29(27,28)21-12-8-18(9-13-21)17-6-4-3-5-7-17/h8-9,11-14,16-17,24H,2-7,10,15H2,1H3. The second-order valence-electron chi connectivity index (χ2n) is 7.99. The monoisotopic (exact) mass is 412 g/mol. The van der Waals surface area contributed by atoms with Crippen LogP contribution in [-0.4, -0.2) is 20.9 Å². The highest BCUT2D eigenvalue weighted by molar-refractivity contribution is 7.92. The van der Waals surface area contributed by atoms with Crippen LogP contribution in [0.5, 0.6) is 0 Å². The Hall–Kier alpha value is -2.34. The van der Waals surface area contributed by atoms with Crippen molar-refractivity contribution in [3.05, 3.63) is 53.6 Å². The number of aryl methyl sites for hydroxylation is 1. The largest absolute Gasteiger partial charge is 0.312 e. The van der Waals surface area contributed by atoms with Gasteiger partial charge in [0.1, 0.15) is 0 Å². The Morgan fingerprint density at radius 1 is 1.00 bits per heavy atom. The number of fused-ring (bicyclic) bond motifs is 1. The van der Waals surface area contributed by atoms with Gasteiger partial charge in [-0.2, -0.15) is 0 Å². The number of carbonyl (C=O) groups excluding carboxylic acids is 1. The van der Waals surface area contributed by atoms with Gasteiger partial charge in [0.2, 0.25) is 5.91 Å². The number of nitrogens with one attached hydrogen (secondary N) is 1. The van der Waals surface area contributed by atoms with E-state index in [-0.39, 0.29) is 10.8 Å². The molecule has 1 fully saturated rings. The lowest BCUT2D eigenvalue weighted by molar-refractivity contribution is -0.118. The SMILES string of the molecule is CCN1C(=O)CCc2cc(NS(=O)(=O)c3ccc(C4CCCCC4)cc3)ccc21. The molecule has 6 heteroatoms. The number of benzene rings is 2. The zero-order valence-corrected chi connectivity index (χ0v) is 17.7. The Bertz CT molecular complexity index is 993. The van der Waals surface area contributed by atoms with Crippen LogP contribution in [0.1, 0.15) is 62.5 Å². The van der Waals surface area contributed by atoms with E-state index in [1.165, 1.54) is 37.7 Å². The van der Waals surface area contributed by atoms with Crippen molar-refractivity contribution < 1.29 is 13.2 Å². The van der Waals surface area contributed by atoms with Gasteiger partial charge in [-0.3, -0.25) is 9.52 Å². The van der Waals surface area contributed by atoms with Crippen LogP contribution in [0.3, 0.4) is 0 Å². The van der Waals surface area contributed by atoms with E-state index in [0.717, 1.165) is 11.3 Å². The number of anilines is 2. The van der Waals surface area contributed by atoms with Gasteiger partial charge in [0.25, 0.3) is 10.0 Å². The molecule has 1 N–H and O–H groups in total. The van der Waals surface area contributed by atoms with Gasteiger partial charge in [0.15, 0.2) is 0 Å². The van der Waals surface area contributed by atoms with Crippen molar-refractivity contribution in [1.29, 1.82) is 0 Å². The van der Waals surface area contributed by atoms with Crippen LogP contribution in [0.4, 0.5) is 11.4 Å². The van der Waals surface area contributed by atoms with Gasteiger partial charge in [-0.05, 0) is 73.6 Å². The molecule has 0 bridgehead atoms. The van der Waals surface area contributed by atoms with Crippen molar-refractivity contribution in [2.75, 3.05) is 16.2 Å². The highest BCUT2D eigenvalue weighted by atomic mass is 32.2. The Morgan fingerprint density at radius 3 is 2.41 bits per heavy atom. The van der Waals surface area contributed by atoms with E-state index in [2.05, 4.69) is 4.72 Å². The van der Waals surface area contributed by atoms with E-state index in [4.69, 9.17) is 0 Å². The third kappa shape index (κ3) is 4.17. The molecule has 5 nitrogen and oxygen atoms in total. The molecule has 1 amide bonds. The molecule has 0 radical (unpaired) electrons. The van der Waals surface area contributed by atoms with E-state index in [1.807, 2.05) is 31.2 Å². The molecule has 1 aliphatic carbocycles. The van der Waals surface area contributed by atoms with E-state index >= 15 is 0 Å². The fraction of sp³-hybridized carbons (Fsp3) is 0.435. The average molecular weight is 413 g/mol. The highest BCUT2D eigenvalue weighted by Gasteiger charge is 2.24. The lowest BCUT2D eigenvalue weighted by Gasteiger charge is -2.28. The Kier molecular flexibility index (Phi) is 5.63. The Morgan fingerprint density at radius 2 is 1.72 bits per heavy atom. The quantitative estimate of drug-likeness (QED) is 0.765. The topological polar surface area (TPSA) is 66.5 Å². The fourth-order valence-corrected chi connectivity index (χ4v) is 5.59. The first kappa shape index (κ1) is 20.0. The van der Waals surface area contributed by atoms with Crippen LogP contribution < -0.4 is 9.62 Å². The minimum atomic E-state index is -3.65. The minimum absolute atomic E-state index is 0.117. The summed E-state index contributed by atoms with van der Waals surface area (Å²) in [6.07, 6.45) is 7.29. The Balaban J connectivity index is 1.52. The second kappa shape index (κ2) is 8.19. The first-order chi connectivity index (χ1) is 14.0. The lowest BCUT2D eigenvalue weighted by atomic mass is 9.84. The molecule has 1 aliphatic heterocycles. The van der Waals surface area contributed by atoms with E-state index in [0.29, 0.717) is 31.0 Å². The summed E-state index contributed by atoms with van der Waals surface area (Å²) >= 11 is 0. The molecule has 1 saturated carbocycles. The van der Waals surface area contributed by atoms with Crippen molar-refractivity contribution in [2.24, 2.45) is 0 Å². The number of rotatable bonds is 5. The molecule has 29 heavy (non-hydrogen) atoms. The summed E-state index contributed by atoms with van der Waals surface area (Å²) in [7, 11) is -3.65. The molecule has 0 spiro atoms. The molecule has 154 valence electrons. The maximum Gasteiger partial charge on any atom is 0.261 e. The molecule has 2 aromatic carbocycles. The zero-order valence-electron chi connectivity index (χ0n) is 16.9. The van der Waals surface area contributed by atoms with E-state index < -0.39 is 10.0 Å². The smallest absolute Gasteiger partial charge is 0.261 e. The molecular weight excluding hydrogens is 384 g/mol. The van der Waals surface area contributed by atoms with Gasteiger partial charge in [0.05, 0.1) is 4.90 Å². The summed E-state index contributed by atoms with van der Waals surface area (Å²) < 4.78 is 28.4. The number of nitrogens with zero attached hydrogens (tertiary/aromatic N) is 1. The number of sulfonamides is 1. The molecule has 4 rings (SSSR count). The van der Waals surface area contributed by atoms with Crippen LogP contribution in [0.25, 0.3) is 0 Å². The molecule has 0 saturated heterocycles. The van der Waals surface area contributed by atoms with Crippen LogP contribution in [0.15, 0.2) is 47.4 Å². The fourth-order valence-electron chi connectivity index (χ4n) is 4.54. The van der Waals surface area contributed by atoms with Gasteiger partial charge in [-0.15, -0.1) is 0 Å². The normalized spacial score (nSPS) is 17.8. The number of hydrogen-bond donors (Lipinski definition) is 1. The highest BCUT2D eigenvalue weighted by Crippen LogP contribution is 2.34. The van der Waals surface area contributed by atoms with Crippen molar-refractivity contribution >= 4 is 27.3 Å². The number of carbonyl (C=O) groups is 1. The minimum Gasteiger partial charge on any atom is -0.312 e. The van der Waals surface area contributed by atoms with Crippen LogP contribution in [0, 0.1) is 0 Å². The van der Waals surface area contributed by atoms with Gasteiger partial charge >= 0.3 is 0 Å². The summed E-state index contributed by atoms with van der Waals surface area (Å²) in [5, 5.41) is 0. The van der Waals surface area contributed by atoms with Gasteiger partial charge in [0, 0.05) is 24.3 Å². The van der Waals surface area contributed by atoms with E-state index in [1.54, 1.807) is 23.1 Å². The third-order valence-electron chi connectivity index (χ3n) is 6.11. The predicted octanol–water partition coefficient (Wildman–Crippen LogP) is 4.83. The molecule has 0 aromatic heterocycles. The maximum atomic E-state index is 12.9. The summed E-state index contributed by atoms with van der Waals surface area (Å²) in [6.45, 7) is 2.56. The van der Waals surface area contributed by atoms with Gasteiger partial charge in [-0.1, -0.05) is 31.4 Å². The van der Waals surface area contributed by atoms with E-state index in [9.17, 15) is 13.2 Å². The lowest BCUT2D eigenvalue weighted by Crippen LogP contribution is -2.34. The van der Waals surface area contributed by atoms with Gasteiger partial charge in [-0.25, -0.2) is 8.42 Å². The first-order valence-electron chi connectivity index (χ1n) is 10.5. The molecule has 0 atom stereocenters. The zero-order chi connectivity index (χ0) is 20.4. The summed E-state index contributed by atoms with van der Waals surface area (Å²) in [5.41, 5.74) is 3.65. The molecule has 1 heterocycles. The van der Waals surface area contributed by atoms with Gasteiger partial charge < -0.3 is 4.90 Å². The summed E-state index contributed by atoms with van der Waals surface area (Å²) in [5.74, 6) is 0.671. The van der Waals surface area contributed by atoms with Crippen molar-refractivity contribution in [1.82, 2.24) is 0 Å². The number of hydrogen-bond acceptors (Lipinski definition) is 3. The molecule has 2 aromatic rings. The van der Waals surface area contributed by atoms with Crippen molar-refractivity contribution in [3.63, 3.8) is 0 Å². The maximum absolute atomic E-state index is 12.9. The first-order valence-corrected chi connectivity index (χ1v) is 12.0. The van der Waals surface area contributed by atoms with Crippen molar-refractivity contribution in [2.45, 2.75) is 62.7 Å². The number of amides is 1. The summed E-state index contributed by atoms with van der Waals surface area (Å²) in [4.78, 5) is 14.1. The average Bonchev–Trinajstić information content (AvgIpc) is 2.74. The second-order valence-corrected chi connectivity index (χ2v) is 9.67. The van der Waals surface area contributed by atoms with Crippen LogP contribution in [0.2, 0.25) is 0 Å². The molecule has 0 unspecified atom stereocenters. The van der Waals surface area contributed by atoms with Crippen molar-refractivity contribution in [3.8, 4) is 0 Å². The van der Waals surface area contributed by atoms with Crippen LogP contribution >= 0.6 is 0 Å². The summed E-state index contributed by atoms with van der Waals surface area (Å²) in [6, 6.07) is 12.8. The molecule has 2 aliphatic rings. The third-order valence-corrected chi connectivity index (χ3v) is 7.51. The molecular formula is C23H28N2O3S. The predicted molar refractivity (Wildman–Crippen MR) is 116 cm³/mol.